The van der Waals surface area contributed by atoms with E-state index in [1.54, 1.807) is 0 Å². The predicted octanol–water partition coefficient (Wildman–Crippen LogP) is -0.0424. The lowest BCUT2D eigenvalue weighted by Gasteiger charge is -2.10. The number of ether oxygens (including phenoxy) is 2. The summed E-state index contributed by atoms with van der Waals surface area (Å²) in [5, 5.41) is 2.81. The van der Waals surface area contributed by atoms with Gasteiger partial charge in [-0.05, 0) is 6.07 Å². The van der Waals surface area contributed by atoms with Crippen LogP contribution in [0.25, 0.3) is 0 Å². The van der Waals surface area contributed by atoms with Gasteiger partial charge in [0, 0.05) is 0 Å². The van der Waals surface area contributed by atoms with Crippen molar-refractivity contribution in [2.75, 3.05) is 31.3 Å². The average molecular weight is 254 g/mol. The first-order valence-corrected chi connectivity index (χ1v) is 5.04. The lowest BCUT2D eigenvalue weighted by molar-refractivity contribution is 0.0601. The number of carbonyl (C=O) groups is 2. The minimum absolute atomic E-state index is 0.0575. The highest BCUT2D eigenvalue weighted by molar-refractivity contribution is 5.95. The minimum atomic E-state index is -0.866. The molecule has 1 aromatic heterocycles. The Morgan fingerprint density at radius 1 is 1.50 bits per heavy atom. The molecule has 8 nitrogen and oxygen atoms in total. The van der Waals surface area contributed by atoms with E-state index in [1.165, 1.54) is 19.4 Å². The molecule has 1 rings (SSSR count). The molecule has 5 N–H and O–H groups in total. The minimum Gasteiger partial charge on any atom is -0.465 e. The molecule has 1 aromatic rings. The molecule has 0 aliphatic rings. The Hall–Kier alpha value is -2.51. The summed E-state index contributed by atoms with van der Waals surface area (Å²) in [5.74, 6) is -0.266. The molecule has 1 heterocycles. The van der Waals surface area contributed by atoms with E-state index < -0.39 is 12.1 Å². The van der Waals surface area contributed by atoms with Gasteiger partial charge in [0.05, 0.1) is 25.5 Å². The summed E-state index contributed by atoms with van der Waals surface area (Å²) in [6.07, 6.45) is 0.527. The highest BCUT2D eigenvalue weighted by Crippen LogP contribution is 2.16. The maximum absolute atomic E-state index is 11.5. The van der Waals surface area contributed by atoms with E-state index in [2.05, 4.69) is 19.8 Å². The van der Waals surface area contributed by atoms with Crippen LogP contribution in [0.5, 0.6) is 0 Å². The molecule has 0 saturated carbocycles. The first-order valence-electron chi connectivity index (χ1n) is 5.04. The quantitative estimate of drug-likeness (QED) is 0.496. The van der Waals surface area contributed by atoms with E-state index in [-0.39, 0.29) is 18.7 Å². The highest BCUT2D eigenvalue weighted by atomic mass is 16.5. The first-order chi connectivity index (χ1) is 8.54. The number of nitrogens with one attached hydrogen (secondary N) is 1. The van der Waals surface area contributed by atoms with E-state index in [4.69, 9.17) is 11.5 Å². The van der Waals surface area contributed by atoms with Crippen LogP contribution in [-0.2, 0) is 9.47 Å². The second-order valence-corrected chi connectivity index (χ2v) is 3.25. The van der Waals surface area contributed by atoms with Gasteiger partial charge in [-0.15, -0.1) is 0 Å². The Labute approximate surface area is 103 Å². The van der Waals surface area contributed by atoms with Gasteiger partial charge in [0.2, 0.25) is 0 Å². The van der Waals surface area contributed by atoms with Gasteiger partial charge >= 0.3 is 12.1 Å². The molecule has 0 aliphatic carbocycles. The van der Waals surface area contributed by atoms with Crippen molar-refractivity contribution in [2.45, 2.75) is 0 Å². The van der Waals surface area contributed by atoms with Gasteiger partial charge in [0.15, 0.2) is 0 Å². The van der Waals surface area contributed by atoms with Crippen molar-refractivity contribution in [3.63, 3.8) is 0 Å². The second kappa shape index (κ2) is 6.28. The summed E-state index contributed by atoms with van der Waals surface area (Å²) in [6.45, 7) is 0.311. The Morgan fingerprint density at radius 2 is 2.22 bits per heavy atom. The zero-order valence-corrected chi connectivity index (χ0v) is 9.80. The number of methoxy groups -OCH3 is 1. The molecule has 0 radical (unpaired) electrons. The number of nitrogens with zero attached hydrogens (tertiary/aromatic N) is 1. The van der Waals surface area contributed by atoms with Crippen molar-refractivity contribution < 1.29 is 19.1 Å². The lowest BCUT2D eigenvalue weighted by atomic mass is 10.2. The molecule has 0 fully saturated rings. The number of carbonyl (C=O) groups excluding carboxylic acids is 2. The van der Waals surface area contributed by atoms with Crippen molar-refractivity contribution in [3.8, 4) is 0 Å². The van der Waals surface area contributed by atoms with Gasteiger partial charge in [-0.2, -0.15) is 0 Å². The summed E-state index contributed by atoms with van der Waals surface area (Å²) in [4.78, 5) is 25.8. The SMILES string of the molecule is COC(=O)c1cc(N)cnc1NCCOC(N)=O. The van der Waals surface area contributed by atoms with Gasteiger partial charge in [0.25, 0.3) is 0 Å². The molecular weight excluding hydrogens is 240 g/mol. The van der Waals surface area contributed by atoms with E-state index in [0.717, 1.165) is 0 Å². The largest absolute Gasteiger partial charge is 0.465 e. The van der Waals surface area contributed by atoms with Crippen LogP contribution in [0.4, 0.5) is 16.3 Å². The molecule has 0 bridgehead atoms. The number of nitrogen functional groups attached to an aromatic ring is 1. The summed E-state index contributed by atoms with van der Waals surface area (Å²) in [6, 6.07) is 1.44. The van der Waals surface area contributed by atoms with Crippen LogP contribution in [0.15, 0.2) is 12.3 Å². The standard InChI is InChI=1S/C10H14N4O4/c1-17-9(15)7-4-6(11)5-14-8(7)13-2-3-18-10(12)16/h4-5H,2-3,11H2,1H3,(H2,12,16)(H,13,14). The van der Waals surface area contributed by atoms with E-state index in [0.29, 0.717) is 11.5 Å². The molecule has 0 saturated heterocycles. The summed E-state index contributed by atoms with van der Waals surface area (Å²) >= 11 is 0. The fourth-order valence-corrected chi connectivity index (χ4v) is 1.21. The molecule has 0 unspecified atom stereocenters. The number of primary amides is 1. The zero-order valence-electron chi connectivity index (χ0n) is 9.80. The number of anilines is 2. The Kier molecular flexibility index (Phi) is 4.73. The van der Waals surface area contributed by atoms with Crippen LogP contribution in [0.2, 0.25) is 0 Å². The monoisotopic (exact) mass is 254 g/mol. The second-order valence-electron chi connectivity index (χ2n) is 3.25. The number of aromatic nitrogens is 1. The van der Waals surface area contributed by atoms with Crippen molar-refractivity contribution in [3.05, 3.63) is 17.8 Å². The summed E-state index contributed by atoms with van der Waals surface area (Å²) < 4.78 is 9.12. The Balaban J connectivity index is 2.69. The van der Waals surface area contributed by atoms with Gasteiger partial charge < -0.3 is 26.3 Å². The van der Waals surface area contributed by atoms with Crippen molar-refractivity contribution in [2.24, 2.45) is 5.73 Å². The molecule has 0 aliphatic heterocycles. The van der Waals surface area contributed by atoms with Crippen molar-refractivity contribution in [1.29, 1.82) is 0 Å². The fraction of sp³-hybridized carbons (Fsp3) is 0.300. The third kappa shape index (κ3) is 3.81. The van der Waals surface area contributed by atoms with E-state index in [1.807, 2.05) is 0 Å². The number of nitrogens with two attached hydrogens (primary N) is 2. The fourth-order valence-electron chi connectivity index (χ4n) is 1.21. The maximum atomic E-state index is 11.5. The highest BCUT2D eigenvalue weighted by Gasteiger charge is 2.13. The topological polar surface area (TPSA) is 130 Å². The van der Waals surface area contributed by atoms with E-state index in [9.17, 15) is 9.59 Å². The van der Waals surface area contributed by atoms with Gasteiger partial charge in [0.1, 0.15) is 18.0 Å². The molecule has 8 heteroatoms. The van der Waals surface area contributed by atoms with Gasteiger partial charge in [-0.1, -0.05) is 0 Å². The van der Waals surface area contributed by atoms with Gasteiger partial charge in [-0.3, -0.25) is 0 Å². The van der Waals surface area contributed by atoms with Crippen LogP contribution in [-0.4, -0.2) is 37.3 Å². The summed E-state index contributed by atoms with van der Waals surface area (Å²) in [5.41, 5.74) is 10.9. The van der Waals surface area contributed by atoms with Crippen LogP contribution in [0.1, 0.15) is 10.4 Å². The van der Waals surface area contributed by atoms with Crippen LogP contribution >= 0.6 is 0 Å². The molecular formula is C10H14N4O4. The molecule has 0 atom stereocenters. The Morgan fingerprint density at radius 3 is 2.83 bits per heavy atom. The van der Waals surface area contributed by atoms with E-state index >= 15 is 0 Å². The predicted molar refractivity (Wildman–Crippen MR) is 64.0 cm³/mol. The molecule has 98 valence electrons. The number of hydrogen-bond acceptors (Lipinski definition) is 7. The van der Waals surface area contributed by atoms with Crippen molar-refractivity contribution >= 4 is 23.6 Å². The maximum Gasteiger partial charge on any atom is 0.404 e. The Bertz CT molecular complexity index is 450. The summed E-state index contributed by atoms with van der Waals surface area (Å²) in [7, 11) is 1.26. The van der Waals surface area contributed by atoms with Crippen LogP contribution in [0, 0.1) is 0 Å². The average Bonchev–Trinajstić information content (AvgIpc) is 2.34. The van der Waals surface area contributed by atoms with Gasteiger partial charge in [-0.25, -0.2) is 14.6 Å². The lowest BCUT2D eigenvalue weighted by Crippen LogP contribution is -2.19. The molecule has 18 heavy (non-hydrogen) atoms. The number of amides is 1. The third-order valence-electron chi connectivity index (χ3n) is 1.95. The third-order valence-corrected chi connectivity index (χ3v) is 1.95. The van der Waals surface area contributed by atoms with Crippen LogP contribution < -0.4 is 16.8 Å². The molecule has 1 amide bonds. The molecule has 0 spiro atoms. The zero-order chi connectivity index (χ0) is 13.5. The van der Waals surface area contributed by atoms with Crippen molar-refractivity contribution in [1.82, 2.24) is 4.98 Å². The number of rotatable bonds is 5. The van der Waals surface area contributed by atoms with Crippen LogP contribution in [0.3, 0.4) is 0 Å². The molecule has 0 aromatic carbocycles. The number of pyridine rings is 1. The normalized spacial score (nSPS) is 9.61. The smallest absolute Gasteiger partial charge is 0.404 e. The number of hydrogen-bond donors (Lipinski definition) is 3. The first kappa shape index (κ1) is 13.6. The number of esters is 1.